The normalized spacial score (nSPS) is 18.6. The maximum atomic E-state index is 13.0. The van der Waals surface area contributed by atoms with E-state index in [1.807, 2.05) is 36.7 Å². The second kappa shape index (κ2) is 9.51. The fraction of sp³-hybridized carbons (Fsp3) is 0.370. The molecule has 1 atom stereocenters. The Morgan fingerprint density at radius 2 is 1.66 bits per heavy atom. The highest BCUT2D eigenvalue weighted by Gasteiger charge is 2.22. The van der Waals surface area contributed by atoms with Crippen molar-refractivity contribution in [3.8, 4) is 11.1 Å². The summed E-state index contributed by atoms with van der Waals surface area (Å²) in [5.41, 5.74) is 5.12. The number of aromatic nitrogens is 2. The van der Waals surface area contributed by atoms with Gasteiger partial charge in [-0.2, -0.15) is 0 Å². The van der Waals surface area contributed by atoms with E-state index in [2.05, 4.69) is 44.9 Å². The van der Waals surface area contributed by atoms with Crippen molar-refractivity contribution in [1.82, 2.24) is 15.3 Å². The molecular formula is C27H30N4O. The highest BCUT2D eigenvalue weighted by Crippen LogP contribution is 2.30. The molecule has 5 nitrogen and oxygen atoms in total. The van der Waals surface area contributed by atoms with Gasteiger partial charge in [0.25, 0.3) is 5.91 Å². The number of nitrogens with zero attached hydrogens (tertiary/aromatic N) is 2. The maximum Gasteiger partial charge on any atom is 0.251 e. The van der Waals surface area contributed by atoms with Gasteiger partial charge in [-0.15, -0.1) is 0 Å². The molecule has 1 heterocycles. The lowest BCUT2D eigenvalue weighted by atomic mass is 9.87. The second-order valence-corrected chi connectivity index (χ2v) is 8.97. The Morgan fingerprint density at radius 1 is 0.844 bits per heavy atom. The average Bonchev–Trinajstić information content (AvgIpc) is 2.85. The number of carbonyl (C=O) groups excluding carboxylic acids is 1. The largest absolute Gasteiger partial charge is 0.351 e. The van der Waals surface area contributed by atoms with Gasteiger partial charge in [0.15, 0.2) is 0 Å². The Labute approximate surface area is 189 Å². The summed E-state index contributed by atoms with van der Waals surface area (Å²) in [6, 6.07) is 16.7. The highest BCUT2D eigenvalue weighted by molar-refractivity contribution is 5.95. The summed E-state index contributed by atoms with van der Waals surface area (Å²) in [6.45, 7) is 0. The molecule has 5 rings (SSSR count). The number of nitrogens with one attached hydrogen (secondary N) is 2. The Balaban J connectivity index is 1.28. The molecule has 1 saturated carbocycles. The number of benzene rings is 2. The maximum absolute atomic E-state index is 13.0. The van der Waals surface area contributed by atoms with Crippen LogP contribution < -0.4 is 10.6 Å². The van der Waals surface area contributed by atoms with Crippen molar-refractivity contribution in [2.45, 2.75) is 63.5 Å². The predicted octanol–water partition coefficient (Wildman–Crippen LogP) is 5.70. The summed E-state index contributed by atoms with van der Waals surface area (Å²) in [7, 11) is 0. The molecule has 0 spiro atoms. The smallest absolute Gasteiger partial charge is 0.251 e. The number of anilines is 1. The summed E-state index contributed by atoms with van der Waals surface area (Å²) >= 11 is 0. The molecule has 0 bridgehead atoms. The number of amides is 1. The third-order valence-electron chi connectivity index (χ3n) is 6.72. The summed E-state index contributed by atoms with van der Waals surface area (Å²) in [5, 5.41) is 6.70. The van der Waals surface area contributed by atoms with Crippen LogP contribution in [0.15, 0.2) is 60.9 Å². The molecule has 1 amide bonds. The molecule has 32 heavy (non-hydrogen) atoms. The summed E-state index contributed by atoms with van der Waals surface area (Å²) < 4.78 is 0. The van der Waals surface area contributed by atoms with E-state index in [9.17, 15) is 4.79 Å². The molecular weight excluding hydrogens is 396 g/mol. The van der Waals surface area contributed by atoms with Gasteiger partial charge >= 0.3 is 0 Å². The van der Waals surface area contributed by atoms with E-state index in [0.717, 1.165) is 30.4 Å². The van der Waals surface area contributed by atoms with Crippen LogP contribution in [0, 0.1) is 0 Å². The minimum Gasteiger partial charge on any atom is -0.351 e. The Kier molecular flexibility index (Phi) is 6.15. The van der Waals surface area contributed by atoms with Crippen molar-refractivity contribution in [3.05, 3.63) is 77.6 Å². The second-order valence-electron chi connectivity index (χ2n) is 8.97. The average molecular weight is 427 g/mol. The molecule has 2 aliphatic carbocycles. The number of aryl methyl sites for hydroxylation is 1. The fourth-order valence-corrected chi connectivity index (χ4v) is 4.97. The van der Waals surface area contributed by atoms with E-state index in [1.165, 1.54) is 43.2 Å². The van der Waals surface area contributed by atoms with Crippen LogP contribution in [-0.2, 0) is 6.42 Å². The molecule has 1 fully saturated rings. The van der Waals surface area contributed by atoms with E-state index in [4.69, 9.17) is 0 Å². The van der Waals surface area contributed by atoms with Gasteiger partial charge < -0.3 is 10.6 Å². The summed E-state index contributed by atoms with van der Waals surface area (Å²) in [5.74, 6) is 0.649. The topological polar surface area (TPSA) is 66.9 Å². The summed E-state index contributed by atoms with van der Waals surface area (Å²) in [6.07, 6.45) is 13.1. The molecule has 2 aliphatic rings. The van der Waals surface area contributed by atoms with Gasteiger partial charge in [-0.25, -0.2) is 9.97 Å². The molecule has 1 aromatic heterocycles. The van der Waals surface area contributed by atoms with Crippen molar-refractivity contribution in [3.63, 3.8) is 0 Å². The third kappa shape index (κ3) is 4.67. The Morgan fingerprint density at radius 3 is 2.50 bits per heavy atom. The molecule has 0 saturated heterocycles. The van der Waals surface area contributed by atoms with Gasteiger partial charge in [0, 0.05) is 29.6 Å². The molecule has 0 unspecified atom stereocenters. The van der Waals surface area contributed by atoms with Gasteiger partial charge in [0.05, 0.1) is 6.04 Å². The lowest BCUT2D eigenvalue weighted by Crippen LogP contribution is -2.30. The SMILES string of the molecule is O=C(N[C@H]1CCCc2ccccc21)c1cccc(-c2cnc(NC3CCCCC3)nc2)c1. The highest BCUT2D eigenvalue weighted by atomic mass is 16.1. The van der Waals surface area contributed by atoms with Crippen molar-refractivity contribution in [1.29, 1.82) is 0 Å². The minimum absolute atomic E-state index is 0.0370. The number of hydrogen-bond donors (Lipinski definition) is 2. The van der Waals surface area contributed by atoms with Crippen LogP contribution in [0.25, 0.3) is 11.1 Å². The van der Waals surface area contributed by atoms with Gasteiger partial charge in [0.2, 0.25) is 5.95 Å². The fourth-order valence-electron chi connectivity index (χ4n) is 4.97. The van der Waals surface area contributed by atoms with E-state index >= 15 is 0 Å². The monoisotopic (exact) mass is 426 g/mol. The van der Waals surface area contributed by atoms with Gasteiger partial charge in [-0.05, 0) is 60.9 Å². The van der Waals surface area contributed by atoms with Crippen LogP contribution in [0.1, 0.15) is 72.5 Å². The van der Waals surface area contributed by atoms with E-state index in [0.29, 0.717) is 17.6 Å². The zero-order valence-corrected chi connectivity index (χ0v) is 18.4. The first-order valence-corrected chi connectivity index (χ1v) is 11.8. The van der Waals surface area contributed by atoms with Crippen LogP contribution in [0.3, 0.4) is 0 Å². The zero-order valence-electron chi connectivity index (χ0n) is 18.4. The molecule has 0 radical (unpaired) electrons. The number of carbonyl (C=O) groups is 1. The van der Waals surface area contributed by atoms with Crippen molar-refractivity contribution in [2.24, 2.45) is 0 Å². The number of hydrogen-bond acceptors (Lipinski definition) is 4. The van der Waals surface area contributed by atoms with Crippen LogP contribution in [0.4, 0.5) is 5.95 Å². The van der Waals surface area contributed by atoms with Crippen LogP contribution in [0.5, 0.6) is 0 Å². The van der Waals surface area contributed by atoms with Crippen LogP contribution in [0.2, 0.25) is 0 Å². The standard InChI is InChI=1S/C27H30N4O/c32-26(31-25-15-7-9-19-8-4-5-14-24(19)25)21-11-6-10-20(16-21)22-17-28-27(29-18-22)30-23-12-2-1-3-13-23/h4-6,8,10-11,14,16-18,23,25H,1-3,7,9,12-13,15H2,(H,31,32)(H,28,29,30)/t25-/m0/s1. The van der Waals surface area contributed by atoms with Gasteiger partial charge in [-0.3, -0.25) is 4.79 Å². The van der Waals surface area contributed by atoms with Crippen LogP contribution >= 0.6 is 0 Å². The first-order chi connectivity index (χ1) is 15.8. The Hall–Kier alpha value is -3.21. The van der Waals surface area contributed by atoms with Crippen molar-refractivity contribution in [2.75, 3.05) is 5.32 Å². The molecule has 0 aliphatic heterocycles. The number of fused-ring (bicyclic) bond motifs is 1. The predicted molar refractivity (Wildman–Crippen MR) is 128 cm³/mol. The first-order valence-electron chi connectivity index (χ1n) is 11.8. The van der Waals surface area contributed by atoms with E-state index < -0.39 is 0 Å². The third-order valence-corrected chi connectivity index (χ3v) is 6.72. The number of rotatable bonds is 5. The molecule has 164 valence electrons. The quantitative estimate of drug-likeness (QED) is 0.549. The van der Waals surface area contributed by atoms with Crippen molar-refractivity contribution >= 4 is 11.9 Å². The Bertz CT molecular complexity index is 1070. The lowest BCUT2D eigenvalue weighted by Gasteiger charge is -2.26. The van der Waals surface area contributed by atoms with Gasteiger partial charge in [0.1, 0.15) is 0 Å². The molecule has 5 heteroatoms. The lowest BCUT2D eigenvalue weighted by molar-refractivity contribution is 0.0933. The molecule has 3 aromatic rings. The molecule has 2 N–H and O–H groups in total. The zero-order chi connectivity index (χ0) is 21.8. The minimum atomic E-state index is -0.0370. The van der Waals surface area contributed by atoms with Crippen molar-refractivity contribution < 1.29 is 4.79 Å². The van der Waals surface area contributed by atoms with E-state index in [1.54, 1.807) is 0 Å². The molecule has 2 aromatic carbocycles. The first kappa shape index (κ1) is 20.7. The van der Waals surface area contributed by atoms with Gasteiger partial charge in [-0.1, -0.05) is 55.7 Å². The van der Waals surface area contributed by atoms with E-state index in [-0.39, 0.29) is 11.9 Å². The van der Waals surface area contributed by atoms with Crippen LogP contribution in [-0.4, -0.2) is 21.9 Å². The summed E-state index contributed by atoms with van der Waals surface area (Å²) in [4.78, 5) is 22.1.